The van der Waals surface area contributed by atoms with Gasteiger partial charge in [0, 0.05) is 12.1 Å². The number of nitrogens with zero attached hydrogens (tertiary/aromatic N) is 1. The summed E-state index contributed by atoms with van der Waals surface area (Å²) in [7, 11) is 3.39. The molecule has 0 aliphatic carbocycles. The maximum atomic E-state index is 5.29. The summed E-state index contributed by atoms with van der Waals surface area (Å²) in [5.74, 6) is 2.11. The van der Waals surface area contributed by atoms with Gasteiger partial charge in [0.2, 0.25) is 0 Å². The van der Waals surface area contributed by atoms with Gasteiger partial charge in [-0.25, -0.2) is 4.98 Å². The number of methoxy groups -OCH3 is 2. The van der Waals surface area contributed by atoms with Crippen LogP contribution >= 0.6 is 0 Å². The zero-order valence-electron chi connectivity index (χ0n) is 14.7. The van der Waals surface area contributed by atoms with E-state index in [1.54, 1.807) is 20.5 Å². The lowest BCUT2D eigenvalue weighted by Gasteiger charge is -2.19. The van der Waals surface area contributed by atoms with Crippen LogP contribution in [0.4, 0.5) is 0 Å². The number of aromatic nitrogens is 2. The first-order valence-electron chi connectivity index (χ1n) is 8.55. The van der Waals surface area contributed by atoms with Gasteiger partial charge in [0.15, 0.2) is 0 Å². The Labute approximate surface area is 148 Å². The molecule has 25 heavy (non-hydrogen) atoms. The molecule has 3 rings (SSSR count). The molecule has 2 aromatic carbocycles. The third kappa shape index (κ3) is 4.41. The summed E-state index contributed by atoms with van der Waals surface area (Å²) >= 11 is 0. The van der Waals surface area contributed by atoms with Gasteiger partial charge < -0.3 is 14.5 Å². The van der Waals surface area contributed by atoms with E-state index < -0.39 is 0 Å². The monoisotopic (exact) mass is 336 g/mol. The van der Waals surface area contributed by atoms with Crippen molar-refractivity contribution in [3.63, 3.8) is 0 Å². The Morgan fingerprint density at radius 3 is 1.88 bits per heavy atom. The summed E-state index contributed by atoms with van der Waals surface area (Å²) in [5.41, 5.74) is 3.71. The molecule has 0 fully saturated rings. The second-order valence-electron chi connectivity index (χ2n) is 6.05. The fraction of sp³-hybridized carbons (Fsp3) is 0.286. The summed E-state index contributed by atoms with van der Waals surface area (Å²) in [6.45, 7) is 0. The van der Waals surface area contributed by atoms with Crippen LogP contribution in [0.2, 0.25) is 0 Å². The van der Waals surface area contributed by atoms with E-state index in [9.17, 15) is 0 Å². The lowest BCUT2D eigenvalue weighted by molar-refractivity contribution is 0.414. The van der Waals surface area contributed by atoms with Gasteiger partial charge in [0.05, 0.1) is 26.2 Å². The molecule has 1 aromatic heterocycles. The van der Waals surface area contributed by atoms with Gasteiger partial charge in [-0.3, -0.25) is 0 Å². The molecule has 0 bridgehead atoms. The number of hydrogen-bond acceptors (Lipinski definition) is 3. The van der Waals surface area contributed by atoms with E-state index in [1.807, 2.05) is 30.5 Å². The van der Waals surface area contributed by atoms with Crippen LogP contribution in [-0.4, -0.2) is 24.2 Å². The average Bonchev–Trinajstić information content (AvgIpc) is 3.19. The van der Waals surface area contributed by atoms with Crippen LogP contribution in [-0.2, 0) is 6.42 Å². The number of nitrogens with one attached hydrogen (secondary N) is 1. The fourth-order valence-corrected chi connectivity index (χ4v) is 3.11. The lowest BCUT2D eigenvalue weighted by atomic mass is 9.87. The molecule has 0 saturated carbocycles. The van der Waals surface area contributed by atoms with Crippen molar-refractivity contribution in [2.24, 2.45) is 0 Å². The number of aryl methyl sites for hydroxylation is 1. The second-order valence-corrected chi connectivity index (χ2v) is 6.05. The molecule has 130 valence electrons. The fourth-order valence-electron chi connectivity index (χ4n) is 3.11. The quantitative estimate of drug-likeness (QED) is 0.655. The van der Waals surface area contributed by atoms with E-state index in [0.717, 1.165) is 36.5 Å². The topological polar surface area (TPSA) is 47.1 Å². The minimum absolute atomic E-state index is 0.343. The largest absolute Gasteiger partial charge is 0.497 e. The number of ether oxygens (including phenoxy) is 2. The van der Waals surface area contributed by atoms with Crippen LogP contribution in [0.1, 0.15) is 35.6 Å². The Hall–Kier alpha value is -2.75. The average molecular weight is 336 g/mol. The number of H-pyrrole nitrogens is 1. The van der Waals surface area contributed by atoms with Gasteiger partial charge in [-0.15, -0.1) is 0 Å². The Bertz CT molecular complexity index is 702. The summed E-state index contributed by atoms with van der Waals surface area (Å²) < 4.78 is 10.6. The maximum Gasteiger partial charge on any atom is 0.118 e. The minimum Gasteiger partial charge on any atom is -0.497 e. The van der Waals surface area contributed by atoms with Crippen molar-refractivity contribution in [3.05, 3.63) is 77.9 Å². The van der Waals surface area contributed by atoms with Crippen molar-refractivity contribution in [2.45, 2.75) is 25.2 Å². The van der Waals surface area contributed by atoms with Gasteiger partial charge in [0.25, 0.3) is 0 Å². The Balaban J connectivity index is 1.78. The maximum absolute atomic E-state index is 5.29. The molecular formula is C21H24N2O2. The van der Waals surface area contributed by atoms with Gasteiger partial charge in [-0.1, -0.05) is 24.3 Å². The molecule has 0 saturated heterocycles. The normalized spacial score (nSPS) is 10.8. The van der Waals surface area contributed by atoms with Crippen LogP contribution in [0, 0.1) is 0 Å². The molecule has 3 aromatic rings. The third-order valence-electron chi connectivity index (χ3n) is 4.52. The molecule has 1 N–H and O–H groups in total. The SMILES string of the molecule is COc1ccc(C(CCCc2c[nH]cn2)c2ccc(OC)cc2)cc1. The highest BCUT2D eigenvalue weighted by atomic mass is 16.5. The Morgan fingerprint density at radius 1 is 0.880 bits per heavy atom. The van der Waals surface area contributed by atoms with Gasteiger partial charge in [-0.05, 0) is 54.7 Å². The molecular weight excluding hydrogens is 312 g/mol. The minimum atomic E-state index is 0.343. The highest BCUT2D eigenvalue weighted by Gasteiger charge is 2.15. The predicted molar refractivity (Wildman–Crippen MR) is 99.4 cm³/mol. The van der Waals surface area contributed by atoms with Crippen molar-refractivity contribution >= 4 is 0 Å². The van der Waals surface area contributed by atoms with E-state index in [-0.39, 0.29) is 0 Å². The van der Waals surface area contributed by atoms with Crippen LogP contribution in [0.25, 0.3) is 0 Å². The third-order valence-corrected chi connectivity index (χ3v) is 4.52. The highest BCUT2D eigenvalue weighted by Crippen LogP contribution is 2.32. The van der Waals surface area contributed by atoms with E-state index in [4.69, 9.17) is 9.47 Å². The molecule has 0 amide bonds. The number of hydrogen-bond donors (Lipinski definition) is 1. The van der Waals surface area contributed by atoms with Gasteiger partial charge in [-0.2, -0.15) is 0 Å². The van der Waals surface area contributed by atoms with E-state index in [2.05, 4.69) is 34.2 Å². The molecule has 0 spiro atoms. The standard InChI is InChI=1S/C21H24N2O2/c1-24-19-10-6-16(7-11-19)21(5-3-4-18-14-22-15-23-18)17-8-12-20(25-2)13-9-17/h6-15,21H,3-5H2,1-2H3,(H,22,23). The zero-order valence-corrected chi connectivity index (χ0v) is 14.7. The summed E-state index contributed by atoms with van der Waals surface area (Å²) in [4.78, 5) is 7.33. The van der Waals surface area contributed by atoms with E-state index in [0.29, 0.717) is 5.92 Å². The number of benzene rings is 2. The first-order valence-corrected chi connectivity index (χ1v) is 8.55. The van der Waals surface area contributed by atoms with Crippen molar-refractivity contribution in [1.29, 1.82) is 0 Å². The van der Waals surface area contributed by atoms with Crippen LogP contribution < -0.4 is 9.47 Å². The second kappa shape index (κ2) is 8.38. The van der Waals surface area contributed by atoms with Crippen LogP contribution in [0.5, 0.6) is 11.5 Å². The highest BCUT2D eigenvalue weighted by molar-refractivity contribution is 5.38. The van der Waals surface area contributed by atoms with Crippen molar-refractivity contribution < 1.29 is 9.47 Å². The van der Waals surface area contributed by atoms with Crippen molar-refractivity contribution in [2.75, 3.05) is 14.2 Å². The van der Waals surface area contributed by atoms with Crippen molar-refractivity contribution in [3.8, 4) is 11.5 Å². The van der Waals surface area contributed by atoms with Crippen LogP contribution in [0.3, 0.4) is 0 Å². The van der Waals surface area contributed by atoms with E-state index >= 15 is 0 Å². The molecule has 4 nitrogen and oxygen atoms in total. The van der Waals surface area contributed by atoms with Gasteiger partial charge in [0.1, 0.15) is 11.5 Å². The lowest BCUT2D eigenvalue weighted by Crippen LogP contribution is -2.03. The number of rotatable bonds is 8. The Morgan fingerprint density at radius 2 is 1.44 bits per heavy atom. The molecule has 0 unspecified atom stereocenters. The first kappa shape index (κ1) is 17.1. The molecule has 4 heteroatoms. The molecule has 0 aliphatic rings. The molecule has 0 atom stereocenters. The molecule has 0 radical (unpaired) electrons. The predicted octanol–water partition coefficient (Wildman–Crippen LogP) is 4.58. The van der Waals surface area contributed by atoms with E-state index in [1.165, 1.54) is 11.1 Å². The van der Waals surface area contributed by atoms with Crippen molar-refractivity contribution in [1.82, 2.24) is 9.97 Å². The number of imidazole rings is 1. The zero-order chi connectivity index (χ0) is 17.5. The Kier molecular flexibility index (Phi) is 5.73. The van der Waals surface area contributed by atoms with Crippen LogP contribution in [0.15, 0.2) is 61.1 Å². The number of aromatic amines is 1. The molecule has 0 aliphatic heterocycles. The molecule has 1 heterocycles. The summed E-state index contributed by atoms with van der Waals surface area (Å²) in [6.07, 6.45) is 6.82. The summed E-state index contributed by atoms with van der Waals surface area (Å²) in [6, 6.07) is 16.7. The van der Waals surface area contributed by atoms with Gasteiger partial charge >= 0.3 is 0 Å². The first-order chi connectivity index (χ1) is 12.3. The smallest absolute Gasteiger partial charge is 0.118 e. The summed E-state index contributed by atoms with van der Waals surface area (Å²) in [5, 5.41) is 0.